The van der Waals surface area contributed by atoms with E-state index >= 15 is 0 Å². The minimum absolute atomic E-state index is 0.113. The predicted molar refractivity (Wildman–Crippen MR) is 75.2 cm³/mol. The Morgan fingerprint density at radius 2 is 1.83 bits per heavy atom. The van der Waals surface area contributed by atoms with Gasteiger partial charge < -0.3 is 10.6 Å². The quantitative estimate of drug-likeness (QED) is 0.867. The molecule has 0 radical (unpaired) electrons. The number of likely N-dealkylation sites (N-methyl/N-ethyl adjacent to an activating group) is 1. The summed E-state index contributed by atoms with van der Waals surface area (Å²) >= 11 is 0. The van der Waals surface area contributed by atoms with Crippen molar-refractivity contribution in [2.75, 3.05) is 13.6 Å². The monoisotopic (exact) mass is 248 g/mol. The van der Waals surface area contributed by atoms with Gasteiger partial charge in [0, 0.05) is 18.5 Å². The number of nitrogens with two attached hydrogens (primary N) is 1. The summed E-state index contributed by atoms with van der Waals surface area (Å²) in [6.45, 7) is 7.13. The van der Waals surface area contributed by atoms with Crippen LogP contribution in [0, 0.1) is 5.41 Å². The number of hydrogen-bond donors (Lipinski definition) is 1. The Morgan fingerprint density at radius 1 is 1.28 bits per heavy atom. The van der Waals surface area contributed by atoms with Crippen LogP contribution in [0.1, 0.15) is 26.3 Å². The van der Waals surface area contributed by atoms with Crippen molar-refractivity contribution in [1.82, 2.24) is 4.90 Å². The molecule has 100 valence electrons. The van der Waals surface area contributed by atoms with Crippen LogP contribution >= 0.6 is 0 Å². The Hall–Kier alpha value is -1.19. The summed E-state index contributed by atoms with van der Waals surface area (Å²) in [6, 6.07) is 9.77. The molecule has 0 spiro atoms. The van der Waals surface area contributed by atoms with Crippen LogP contribution in [0.15, 0.2) is 30.3 Å². The van der Waals surface area contributed by atoms with Gasteiger partial charge >= 0.3 is 0 Å². The molecular formula is C15H24N2O. The molecule has 18 heavy (non-hydrogen) atoms. The van der Waals surface area contributed by atoms with Crippen LogP contribution in [0.3, 0.4) is 0 Å². The van der Waals surface area contributed by atoms with E-state index in [1.165, 1.54) is 5.56 Å². The zero-order chi connectivity index (χ0) is 13.8. The number of carbonyl (C=O) groups excluding carboxylic acids is 1. The lowest BCUT2D eigenvalue weighted by Crippen LogP contribution is -2.45. The van der Waals surface area contributed by atoms with Gasteiger partial charge in [0.15, 0.2) is 5.78 Å². The zero-order valence-corrected chi connectivity index (χ0v) is 11.8. The maximum absolute atomic E-state index is 12.0. The highest BCUT2D eigenvalue weighted by molar-refractivity contribution is 5.88. The number of rotatable bonds is 5. The second-order valence-electron chi connectivity index (χ2n) is 5.90. The smallest absolute Gasteiger partial charge is 0.156 e. The van der Waals surface area contributed by atoms with Crippen LogP contribution in [0.4, 0.5) is 0 Å². The molecule has 0 fully saturated rings. The van der Waals surface area contributed by atoms with Gasteiger partial charge in [0.2, 0.25) is 0 Å². The highest BCUT2D eigenvalue weighted by Gasteiger charge is 2.27. The Kier molecular flexibility index (Phi) is 5.05. The third-order valence-electron chi connectivity index (χ3n) is 2.88. The maximum Gasteiger partial charge on any atom is 0.156 e. The molecule has 0 heterocycles. The Labute approximate surface area is 110 Å². The third-order valence-corrected chi connectivity index (χ3v) is 2.88. The molecule has 2 N–H and O–H groups in total. The number of ketones is 1. The predicted octanol–water partition coefficient (Wildman–Crippen LogP) is 2.06. The van der Waals surface area contributed by atoms with Crippen LogP contribution in [-0.2, 0) is 11.3 Å². The number of nitrogens with zero attached hydrogens (tertiary/aromatic N) is 1. The van der Waals surface area contributed by atoms with E-state index in [-0.39, 0.29) is 11.2 Å². The van der Waals surface area contributed by atoms with E-state index in [2.05, 4.69) is 17.0 Å². The van der Waals surface area contributed by atoms with Gasteiger partial charge in [-0.15, -0.1) is 0 Å². The summed E-state index contributed by atoms with van der Waals surface area (Å²) in [7, 11) is 1.99. The van der Waals surface area contributed by atoms with Gasteiger partial charge in [-0.1, -0.05) is 51.1 Å². The first-order chi connectivity index (χ1) is 8.30. The van der Waals surface area contributed by atoms with Crippen molar-refractivity contribution < 1.29 is 4.79 Å². The third kappa shape index (κ3) is 4.59. The average Bonchev–Trinajstić information content (AvgIpc) is 2.27. The SMILES string of the molecule is CN(Cc1ccccc1)CC(N)C(=O)C(C)(C)C. The fourth-order valence-electron chi connectivity index (χ4n) is 1.93. The number of Topliss-reactive ketones (excluding diaryl/α,β-unsaturated/α-hetero) is 1. The summed E-state index contributed by atoms with van der Waals surface area (Å²) in [4.78, 5) is 14.1. The van der Waals surface area contributed by atoms with E-state index in [0.717, 1.165) is 6.54 Å². The number of hydrogen-bond acceptors (Lipinski definition) is 3. The molecule has 0 amide bonds. The van der Waals surface area contributed by atoms with Crippen molar-refractivity contribution >= 4 is 5.78 Å². The van der Waals surface area contributed by atoms with Gasteiger partial charge in [-0.25, -0.2) is 0 Å². The average molecular weight is 248 g/mol. The first-order valence-electron chi connectivity index (χ1n) is 6.33. The summed E-state index contributed by atoms with van der Waals surface area (Å²) in [5.41, 5.74) is 6.83. The Bertz CT molecular complexity index is 381. The molecule has 1 atom stereocenters. The molecule has 0 aliphatic carbocycles. The normalized spacial score (nSPS) is 13.7. The second-order valence-corrected chi connectivity index (χ2v) is 5.90. The maximum atomic E-state index is 12.0. The largest absolute Gasteiger partial charge is 0.320 e. The van der Waals surface area contributed by atoms with Crippen LogP contribution in [0.5, 0.6) is 0 Å². The molecule has 0 saturated heterocycles. The van der Waals surface area contributed by atoms with E-state index in [4.69, 9.17) is 5.73 Å². The summed E-state index contributed by atoms with van der Waals surface area (Å²) in [5.74, 6) is 0.113. The minimum Gasteiger partial charge on any atom is -0.320 e. The van der Waals surface area contributed by atoms with Gasteiger partial charge in [-0.05, 0) is 12.6 Å². The topological polar surface area (TPSA) is 46.3 Å². The lowest BCUT2D eigenvalue weighted by molar-refractivity contribution is -0.128. The molecule has 3 nitrogen and oxygen atoms in total. The molecule has 1 unspecified atom stereocenters. The molecule has 0 aliphatic rings. The fourth-order valence-corrected chi connectivity index (χ4v) is 1.93. The lowest BCUT2D eigenvalue weighted by atomic mass is 9.86. The standard InChI is InChI=1S/C15H24N2O/c1-15(2,3)14(18)13(16)11-17(4)10-12-8-6-5-7-9-12/h5-9,13H,10-11,16H2,1-4H3. The molecular weight excluding hydrogens is 224 g/mol. The van der Waals surface area contributed by atoms with E-state index < -0.39 is 6.04 Å². The molecule has 0 aromatic heterocycles. The molecule has 0 saturated carbocycles. The number of benzene rings is 1. The summed E-state index contributed by atoms with van der Waals surface area (Å²) in [6.07, 6.45) is 0. The Morgan fingerprint density at radius 3 is 2.33 bits per heavy atom. The van der Waals surface area contributed by atoms with Crippen molar-refractivity contribution in [2.24, 2.45) is 11.1 Å². The number of carbonyl (C=O) groups is 1. The summed E-state index contributed by atoms with van der Waals surface area (Å²) < 4.78 is 0. The molecule has 0 aliphatic heterocycles. The van der Waals surface area contributed by atoms with Gasteiger partial charge in [0.05, 0.1) is 6.04 Å². The molecule has 1 rings (SSSR count). The zero-order valence-electron chi connectivity index (χ0n) is 11.8. The lowest BCUT2D eigenvalue weighted by Gasteiger charge is -2.25. The van der Waals surface area contributed by atoms with Crippen molar-refractivity contribution in [2.45, 2.75) is 33.4 Å². The first kappa shape index (κ1) is 14.9. The van der Waals surface area contributed by atoms with Crippen molar-refractivity contribution in [1.29, 1.82) is 0 Å². The van der Waals surface area contributed by atoms with Crippen LogP contribution in [0.2, 0.25) is 0 Å². The first-order valence-corrected chi connectivity index (χ1v) is 6.33. The van der Waals surface area contributed by atoms with Crippen LogP contribution in [0.25, 0.3) is 0 Å². The van der Waals surface area contributed by atoms with Crippen molar-refractivity contribution in [3.63, 3.8) is 0 Å². The van der Waals surface area contributed by atoms with Crippen molar-refractivity contribution in [3.8, 4) is 0 Å². The van der Waals surface area contributed by atoms with Crippen molar-refractivity contribution in [3.05, 3.63) is 35.9 Å². The van der Waals surface area contributed by atoms with Crippen LogP contribution < -0.4 is 5.73 Å². The fraction of sp³-hybridized carbons (Fsp3) is 0.533. The van der Waals surface area contributed by atoms with Crippen LogP contribution in [-0.4, -0.2) is 30.3 Å². The van der Waals surface area contributed by atoms with E-state index in [1.54, 1.807) is 0 Å². The molecule has 0 bridgehead atoms. The molecule has 1 aromatic carbocycles. The summed E-state index contributed by atoms with van der Waals surface area (Å²) in [5, 5.41) is 0. The Balaban J connectivity index is 2.50. The van der Waals surface area contributed by atoms with Gasteiger partial charge in [0.1, 0.15) is 0 Å². The molecule has 3 heteroatoms. The van der Waals surface area contributed by atoms with Gasteiger partial charge in [0.25, 0.3) is 0 Å². The highest BCUT2D eigenvalue weighted by Crippen LogP contribution is 2.16. The minimum atomic E-state index is -0.418. The van der Waals surface area contributed by atoms with E-state index in [9.17, 15) is 4.79 Å². The second kappa shape index (κ2) is 6.12. The highest BCUT2D eigenvalue weighted by atomic mass is 16.1. The van der Waals surface area contributed by atoms with E-state index in [0.29, 0.717) is 6.54 Å². The van der Waals surface area contributed by atoms with Gasteiger partial charge in [-0.3, -0.25) is 4.79 Å². The molecule has 1 aromatic rings. The van der Waals surface area contributed by atoms with E-state index in [1.807, 2.05) is 46.0 Å². The van der Waals surface area contributed by atoms with Gasteiger partial charge in [-0.2, -0.15) is 0 Å².